The van der Waals surface area contributed by atoms with Gasteiger partial charge in [-0.2, -0.15) is 0 Å². The number of unbranched alkanes of at least 4 members (excludes halogenated alkanes) is 1. The second-order valence-corrected chi connectivity index (χ2v) is 7.01. The molecule has 2 aromatic rings. The first-order valence-electron chi connectivity index (χ1n) is 6.86. The van der Waals surface area contributed by atoms with Gasteiger partial charge in [-0.1, -0.05) is 13.3 Å². The molecule has 2 rings (SSSR count). The lowest BCUT2D eigenvalue weighted by Gasteiger charge is -2.18. The highest BCUT2D eigenvalue weighted by atomic mass is 32.1. The molecule has 110 valence electrons. The lowest BCUT2D eigenvalue weighted by molar-refractivity contribution is 0.417. The molecule has 0 aliphatic heterocycles. The Kier molecular flexibility index (Phi) is 4.15. The summed E-state index contributed by atoms with van der Waals surface area (Å²) < 4.78 is 1.19. The fourth-order valence-corrected chi connectivity index (χ4v) is 3.20. The number of aromatic nitrogens is 2. The number of thiophene rings is 1. The largest absolute Gasteiger partial charge is 0.329 e. The summed E-state index contributed by atoms with van der Waals surface area (Å²) in [7, 11) is 0. The van der Waals surface area contributed by atoms with Crippen LogP contribution in [0.4, 0.5) is 0 Å². The zero-order valence-corrected chi connectivity index (χ0v) is 13.0. The van der Waals surface area contributed by atoms with Crippen molar-refractivity contribution in [1.29, 1.82) is 0 Å². The van der Waals surface area contributed by atoms with Gasteiger partial charge in [-0.15, -0.1) is 11.3 Å². The molecule has 0 atom stereocenters. The van der Waals surface area contributed by atoms with E-state index in [2.05, 4.69) is 11.9 Å². The molecule has 0 bridgehead atoms. The van der Waals surface area contributed by atoms with Crippen molar-refractivity contribution in [1.82, 2.24) is 9.55 Å². The SMILES string of the molecule is CCCCc1cc2c(=O)n(CC(C)(C)N)c(=O)[nH]c2s1. The molecule has 0 aliphatic rings. The molecule has 2 aromatic heterocycles. The lowest BCUT2D eigenvalue weighted by Crippen LogP contribution is -2.45. The van der Waals surface area contributed by atoms with E-state index >= 15 is 0 Å². The monoisotopic (exact) mass is 295 g/mol. The first-order chi connectivity index (χ1) is 9.31. The van der Waals surface area contributed by atoms with Gasteiger partial charge in [-0.25, -0.2) is 4.79 Å². The van der Waals surface area contributed by atoms with Crippen molar-refractivity contribution in [3.8, 4) is 0 Å². The Morgan fingerprint density at radius 1 is 1.40 bits per heavy atom. The van der Waals surface area contributed by atoms with Crippen molar-refractivity contribution in [2.45, 2.75) is 52.1 Å². The molecule has 5 nitrogen and oxygen atoms in total. The number of H-pyrrole nitrogens is 1. The Morgan fingerprint density at radius 3 is 2.70 bits per heavy atom. The van der Waals surface area contributed by atoms with Crippen LogP contribution in [0.2, 0.25) is 0 Å². The maximum absolute atomic E-state index is 12.4. The van der Waals surface area contributed by atoms with Crippen LogP contribution in [0, 0.1) is 0 Å². The topological polar surface area (TPSA) is 80.9 Å². The van der Waals surface area contributed by atoms with Gasteiger partial charge in [0.15, 0.2) is 0 Å². The first kappa shape index (κ1) is 15.0. The van der Waals surface area contributed by atoms with E-state index in [1.165, 1.54) is 15.9 Å². The molecule has 0 unspecified atom stereocenters. The zero-order valence-electron chi connectivity index (χ0n) is 12.2. The molecule has 6 heteroatoms. The van der Waals surface area contributed by atoms with Gasteiger partial charge in [-0.05, 0) is 32.8 Å². The van der Waals surface area contributed by atoms with Crippen LogP contribution in [0.5, 0.6) is 0 Å². The summed E-state index contributed by atoms with van der Waals surface area (Å²) in [5.41, 5.74) is 4.67. The molecule has 0 fully saturated rings. The van der Waals surface area contributed by atoms with Crippen LogP contribution in [-0.4, -0.2) is 15.1 Å². The smallest absolute Gasteiger partial charge is 0.324 e. The van der Waals surface area contributed by atoms with E-state index in [-0.39, 0.29) is 17.8 Å². The number of nitrogens with zero attached hydrogens (tertiary/aromatic N) is 1. The average Bonchev–Trinajstić information content (AvgIpc) is 2.74. The summed E-state index contributed by atoms with van der Waals surface area (Å²) in [4.78, 5) is 29.0. The van der Waals surface area contributed by atoms with Crippen LogP contribution >= 0.6 is 11.3 Å². The van der Waals surface area contributed by atoms with Gasteiger partial charge in [0.25, 0.3) is 5.56 Å². The third-order valence-corrected chi connectivity index (χ3v) is 4.18. The Hall–Kier alpha value is -1.40. The minimum Gasteiger partial charge on any atom is -0.324 e. The summed E-state index contributed by atoms with van der Waals surface area (Å²) in [5.74, 6) is 0. The normalized spacial score (nSPS) is 12.2. The molecule has 0 aromatic carbocycles. The molecule has 0 radical (unpaired) electrons. The molecule has 0 amide bonds. The highest BCUT2D eigenvalue weighted by Crippen LogP contribution is 2.21. The molecule has 0 aliphatic carbocycles. The van der Waals surface area contributed by atoms with Crippen molar-refractivity contribution in [2.75, 3.05) is 0 Å². The molecular weight excluding hydrogens is 274 g/mol. The average molecular weight is 295 g/mol. The third-order valence-electron chi connectivity index (χ3n) is 3.07. The molecule has 2 heterocycles. The summed E-state index contributed by atoms with van der Waals surface area (Å²) in [6, 6.07) is 1.90. The minimum atomic E-state index is -0.606. The second-order valence-electron chi connectivity index (χ2n) is 5.87. The number of nitrogens with two attached hydrogens (primary N) is 1. The Labute approximate surface area is 121 Å². The molecular formula is C14H21N3O2S. The Morgan fingerprint density at radius 2 is 2.10 bits per heavy atom. The van der Waals surface area contributed by atoms with Gasteiger partial charge in [-0.3, -0.25) is 14.3 Å². The van der Waals surface area contributed by atoms with Crippen LogP contribution in [0.3, 0.4) is 0 Å². The number of rotatable bonds is 5. The fourth-order valence-electron chi connectivity index (χ4n) is 2.12. The van der Waals surface area contributed by atoms with E-state index in [1.807, 2.05) is 6.07 Å². The first-order valence-corrected chi connectivity index (χ1v) is 7.68. The predicted molar refractivity (Wildman–Crippen MR) is 83.6 cm³/mol. The summed E-state index contributed by atoms with van der Waals surface area (Å²) in [5, 5.41) is 0.588. The van der Waals surface area contributed by atoms with Gasteiger partial charge < -0.3 is 5.73 Å². The Balaban J connectivity index is 2.52. The molecule has 20 heavy (non-hydrogen) atoms. The number of hydrogen-bond donors (Lipinski definition) is 2. The number of aryl methyl sites for hydroxylation is 1. The minimum absolute atomic E-state index is 0.206. The summed E-state index contributed by atoms with van der Waals surface area (Å²) >= 11 is 1.49. The standard InChI is InChI=1S/C14H21N3O2S/c1-4-5-6-9-7-10-11(20-9)16-13(19)17(12(10)18)8-14(2,3)15/h7H,4-6,8,15H2,1-3H3,(H,16,19). The van der Waals surface area contributed by atoms with E-state index in [0.717, 1.165) is 24.1 Å². The van der Waals surface area contributed by atoms with Crippen LogP contribution in [-0.2, 0) is 13.0 Å². The van der Waals surface area contributed by atoms with Gasteiger partial charge in [0, 0.05) is 17.0 Å². The Bertz CT molecular complexity index is 719. The predicted octanol–water partition coefficient (Wildman–Crippen LogP) is 1.83. The lowest BCUT2D eigenvalue weighted by atomic mass is 10.1. The summed E-state index contributed by atoms with van der Waals surface area (Å²) in [6.45, 7) is 5.93. The number of fused-ring (bicyclic) bond motifs is 1. The fraction of sp³-hybridized carbons (Fsp3) is 0.571. The highest BCUT2D eigenvalue weighted by Gasteiger charge is 2.17. The third kappa shape index (κ3) is 3.19. The maximum Gasteiger partial charge on any atom is 0.329 e. The summed E-state index contributed by atoms with van der Waals surface area (Å²) in [6.07, 6.45) is 3.14. The number of nitrogens with one attached hydrogen (secondary N) is 1. The van der Waals surface area contributed by atoms with Gasteiger partial charge in [0.05, 0.1) is 5.39 Å². The van der Waals surface area contributed by atoms with Gasteiger partial charge in [0.1, 0.15) is 4.83 Å². The van der Waals surface area contributed by atoms with E-state index in [9.17, 15) is 9.59 Å². The van der Waals surface area contributed by atoms with Crippen molar-refractivity contribution in [3.05, 3.63) is 31.8 Å². The number of hydrogen-bond acceptors (Lipinski definition) is 4. The van der Waals surface area contributed by atoms with Crippen LogP contribution in [0.25, 0.3) is 10.2 Å². The van der Waals surface area contributed by atoms with E-state index in [1.54, 1.807) is 13.8 Å². The van der Waals surface area contributed by atoms with E-state index < -0.39 is 5.54 Å². The molecule has 0 spiro atoms. The van der Waals surface area contributed by atoms with Crippen molar-refractivity contribution in [2.24, 2.45) is 5.73 Å². The van der Waals surface area contributed by atoms with Crippen LogP contribution < -0.4 is 17.0 Å². The van der Waals surface area contributed by atoms with Crippen LogP contribution in [0.15, 0.2) is 15.7 Å². The van der Waals surface area contributed by atoms with E-state index in [0.29, 0.717) is 10.2 Å². The van der Waals surface area contributed by atoms with Gasteiger partial charge >= 0.3 is 5.69 Å². The molecule has 0 saturated heterocycles. The zero-order chi connectivity index (χ0) is 14.9. The van der Waals surface area contributed by atoms with E-state index in [4.69, 9.17) is 5.73 Å². The quantitative estimate of drug-likeness (QED) is 0.883. The van der Waals surface area contributed by atoms with Crippen molar-refractivity contribution < 1.29 is 0 Å². The van der Waals surface area contributed by atoms with Crippen molar-refractivity contribution >= 4 is 21.6 Å². The van der Waals surface area contributed by atoms with Crippen LogP contribution in [0.1, 0.15) is 38.5 Å². The second kappa shape index (κ2) is 5.54. The maximum atomic E-state index is 12.4. The van der Waals surface area contributed by atoms with Crippen molar-refractivity contribution in [3.63, 3.8) is 0 Å². The molecule has 3 N–H and O–H groups in total. The highest BCUT2D eigenvalue weighted by molar-refractivity contribution is 7.18. The number of aromatic amines is 1. The van der Waals surface area contributed by atoms with Gasteiger partial charge in [0.2, 0.25) is 0 Å². The molecule has 0 saturated carbocycles.